The monoisotopic (exact) mass is 476 g/mol. The lowest BCUT2D eigenvalue weighted by atomic mass is 9.98. The minimum atomic E-state index is -1.15. The van der Waals surface area contributed by atoms with Crippen LogP contribution in [0, 0.1) is 18.3 Å². The average molecular weight is 477 g/mol. The van der Waals surface area contributed by atoms with Crippen LogP contribution in [0.15, 0.2) is 48.5 Å². The number of amides is 2. The molecule has 35 heavy (non-hydrogen) atoms. The second-order valence-corrected chi connectivity index (χ2v) is 9.01. The van der Waals surface area contributed by atoms with Crippen molar-refractivity contribution in [3.05, 3.63) is 59.7 Å². The molecule has 3 atom stereocenters. The normalized spacial score (nSPS) is 14.5. The number of hydrogen-bond donors (Lipinski definition) is 3. The number of terminal acetylenes is 1. The molecule has 7 nitrogen and oxygen atoms in total. The van der Waals surface area contributed by atoms with Crippen LogP contribution in [0.1, 0.15) is 56.6 Å². The first-order valence-corrected chi connectivity index (χ1v) is 11.9. The first-order chi connectivity index (χ1) is 16.8. The largest absolute Gasteiger partial charge is 0.480 e. The van der Waals surface area contributed by atoms with E-state index in [1.807, 2.05) is 31.2 Å². The summed E-state index contributed by atoms with van der Waals surface area (Å²) in [6.45, 7) is 3.89. The molecule has 2 amide bonds. The lowest BCUT2D eigenvalue weighted by molar-refractivity contribution is -0.142. The Morgan fingerprint density at radius 3 is 2.17 bits per heavy atom. The number of fused-ring (bicyclic) bond motifs is 3. The zero-order chi connectivity index (χ0) is 25.4. The van der Waals surface area contributed by atoms with Crippen molar-refractivity contribution in [3.63, 3.8) is 0 Å². The predicted molar refractivity (Wildman–Crippen MR) is 134 cm³/mol. The second-order valence-electron chi connectivity index (χ2n) is 9.01. The quantitative estimate of drug-likeness (QED) is 0.419. The summed E-state index contributed by atoms with van der Waals surface area (Å²) in [5.74, 6) is 0.410. The van der Waals surface area contributed by atoms with Gasteiger partial charge in [-0.15, -0.1) is 12.3 Å². The Balaban J connectivity index is 1.42. The second kappa shape index (κ2) is 12.1. The zero-order valence-electron chi connectivity index (χ0n) is 20.1. The van der Waals surface area contributed by atoms with Gasteiger partial charge in [0.25, 0.3) is 0 Å². The van der Waals surface area contributed by atoms with Gasteiger partial charge in [0.2, 0.25) is 5.91 Å². The van der Waals surface area contributed by atoms with Gasteiger partial charge in [-0.25, -0.2) is 9.59 Å². The van der Waals surface area contributed by atoms with E-state index in [1.54, 1.807) is 6.92 Å². The van der Waals surface area contributed by atoms with Crippen molar-refractivity contribution in [1.82, 2.24) is 10.6 Å². The van der Waals surface area contributed by atoms with Crippen molar-refractivity contribution in [2.75, 3.05) is 6.61 Å². The van der Waals surface area contributed by atoms with Crippen LogP contribution in [0.25, 0.3) is 11.1 Å². The molecule has 0 saturated heterocycles. The van der Waals surface area contributed by atoms with Crippen molar-refractivity contribution in [3.8, 4) is 23.5 Å². The van der Waals surface area contributed by atoms with Gasteiger partial charge in [-0.2, -0.15) is 0 Å². The molecule has 0 aromatic heterocycles. The lowest BCUT2D eigenvalue weighted by Crippen LogP contribution is -2.43. The van der Waals surface area contributed by atoms with E-state index in [4.69, 9.17) is 16.3 Å². The van der Waals surface area contributed by atoms with Gasteiger partial charge in [-0.05, 0) is 42.0 Å². The van der Waals surface area contributed by atoms with Gasteiger partial charge in [0.1, 0.15) is 12.6 Å². The summed E-state index contributed by atoms with van der Waals surface area (Å²) in [5.41, 5.74) is 4.68. The minimum Gasteiger partial charge on any atom is -0.480 e. The summed E-state index contributed by atoms with van der Waals surface area (Å²) in [6.07, 6.45) is 6.54. The van der Waals surface area contributed by atoms with Gasteiger partial charge in [0.15, 0.2) is 0 Å². The Morgan fingerprint density at radius 2 is 1.60 bits per heavy atom. The summed E-state index contributed by atoms with van der Waals surface area (Å²) in [7, 11) is 0. The maximum Gasteiger partial charge on any atom is 0.407 e. The standard InChI is InChI=1S/C28H32N2O5/c1-4-10-25(27(32)33)30-26(31)18(2)11-9-12-19(3)29-28(34)35-17-24-22-15-7-5-13-20(22)21-14-6-8-16-23(21)24/h1,5-8,13-16,18-19,24-25H,9-12,17H2,2-3H3,(H,29,34)(H,30,31)(H,32,33). The maximum atomic E-state index is 12.4. The predicted octanol–water partition coefficient (Wildman–Crippen LogP) is 4.31. The molecule has 7 heteroatoms. The molecule has 3 rings (SSSR count). The van der Waals surface area contributed by atoms with Crippen LogP contribution < -0.4 is 10.6 Å². The molecule has 2 aromatic carbocycles. The molecule has 0 radical (unpaired) electrons. The number of nitrogens with one attached hydrogen (secondary N) is 2. The Hall–Kier alpha value is -3.79. The highest BCUT2D eigenvalue weighted by Crippen LogP contribution is 2.44. The number of benzene rings is 2. The summed E-state index contributed by atoms with van der Waals surface area (Å²) in [4.78, 5) is 35.8. The van der Waals surface area contributed by atoms with Gasteiger partial charge >= 0.3 is 12.1 Å². The van der Waals surface area contributed by atoms with Gasteiger partial charge in [0.05, 0.1) is 0 Å². The van der Waals surface area contributed by atoms with Crippen LogP contribution in [-0.2, 0) is 14.3 Å². The molecule has 0 fully saturated rings. The van der Waals surface area contributed by atoms with Crippen molar-refractivity contribution in [2.24, 2.45) is 5.92 Å². The van der Waals surface area contributed by atoms with E-state index in [9.17, 15) is 14.4 Å². The molecule has 3 unspecified atom stereocenters. The molecule has 1 aliphatic carbocycles. The van der Waals surface area contributed by atoms with E-state index < -0.39 is 18.1 Å². The van der Waals surface area contributed by atoms with Crippen LogP contribution in [0.2, 0.25) is 0 Å². The molecule has 2 aromatic rings. The lowest BCUT2D eigenvalue weighted by Gasteiger charge is -2.18. The fraction of sp³-hybridized carbons (Fsp3) is 0.393. The number of carboxylic acid groups (broad SMARTS) is 1. The third-order valence-corrected chi connectivity index (χ3v) is 6.37. The van der Waals surface area contributed by atoms with Crippen LogP contribution in [-0.4, -0.2) is 41.8 Å². The van der Waals surface area contributed by atoms with Crippen molar-refractivity contribution in [2.45, 2.75) is 57.5 Å². The summed E-state index contributed by atoms with van der Waals surface area (Å²) in [5, 5.41) is 14.4. The smallest absolute Gasteiger partial charge is 0.407 e. The molecule has 1 aliphatic rings. The van der Waals surface area contributed by atoms with Crippen molar-refractivity contribution < 1.29 is 24.2 Å². The van der Waals surface area contributed by atoms with Gasteiger partial charge in [-0.3, -0.25) is 4.79 Å². The highest BCUT2D eigenvalue weighted by molar-refractivity contribution is 5.85. The van der Waals surface area contributed by atoms with E-state index in [0.717, 1.165) is 11.1 Å². The number of carbonyl (C=O) groups is 3. The topological polar surface area (TPSA) is 105 Å². The van der Waals surface area contributed by atoms with Crippen LogP contribution >= 0.6 is 0 Å². The number of rotatable bonds is 11. The number of ether oxygens (including phenoxy) is 1. The third-order valence-electron chi connectivity index (χ3n) is 6.37. The number of hydrogen-bond acceptors (Lipinski definition) is 4. The van der Waals surface area contributed by atoms with E-state index in [2.05, 4.69) is 40.8 Å². The van der Waals surface area contributed by atoms with E-state index in [0.29, 0.717) is 19.3 Å². The molecule has 0 bridgehead atoms. The van der Waals surface area contributed by atoms with Crippen LogP contribution in [0.3, 0.4) is 0 Å². The van der Waals surface area contributed by atoms with Crippen molar-refractivity contribution >= 4 is 18.0 Å². The summed E-state index contributed by atoms with van der Waals surface area (Å²) >= 11 is 0. The van der Waals surface area contributed by atoms with Gasteiger partial charge in [0, 0.05) is 24.3 Å². The molecule has 0 aliphatic heterocycles. The average Bonchev–Trinajstić information content (AvgIpc) is 3.16. The molecule has 0 heterocycles. The van der Waals surface area contributed by atoms with Crippen LogP contribution in [0.4, 0.5) is 4.79 Å². The molecule has 3 N–H and O–H groups in total. The molecule has 0 saturated carbocycles. The Morgan fingerprint density at radius 1 is 1.00 bits per heavy atom. The minimum absolute atomic E-state index is 0.00640. The summed E-state index contributed by atoms with van der Waals surface area (Å²) < 4.78 is 5.58. The van der Waals surface area contributed by atoms with E-state index in [-0.39, 0.29) is 36.8 Å². The Labute approximate surface area is 206 Å². The number of carbonyl (C=O) groups excluding carboxylic acids is 2. The fourth-order valence-electron chi connectivity index (χ4n) is 4.41. The highest BCUT2D eigenvalue weighted by Gasteiger charge is 2.29. The SMILES string of the molecule is C#CCC(NC(=O)C(C)CCCC(C)NC(=O)OCC1c2ccccc2-c2ccccc21)C(=O)O. The fourth-order valence-corrected chi connectivity index (χ4v) is 4.41. The van der Waals surface area contributed by atoms with E-state index in [1.165, 1.54) is 11.1 Å². The molecule has 0 spiro atoms. The maximum absolute atomic E-state index is 12.4. The number of aliphatic carboxylic acids is 1. The zero-order valence-corrected chi connectivity index (χ0v) is 20.1. The molecular weight excluding hydrogens is 444 g/mol. The highest BCUT2D eigenvalue weighted by atomic mass is 16.5. The molecule has 184 valence electrons. The molecular formula is C28H32N2O5. The Bertz CT molecular complexity index is 1060. The number of alkyl carbamates (subject to hydrolysis) is 1. The van der Waals surface area contributed by atoms with Gasteiger partial charge in [-0.1, -0.05) is 61.9 Å². The van der Waals surface area contributed by atoms with Crippen molar-refractivity contribution in [1.29, 1.82) is 0 Å². The Kier molecular flexibility index (Phi) is 8.91. The van der Waals surface area contributed by atoms with Crippen LogP contribution in [0.5, 0.6) is 0 Å². The summed E-state index contributed by atoms with van der Waals surface area (Å²) in [6, 6.07) is 15.1. The first-order valence-electron chi connectivity index (χ1n) is 11.9. The third kappa shape index (κ3) is 6.63. The first kappa shape index (κ1) is 25.8. The van der Waals surface area contributed by atoms with E-state index >= 15 is 0 Å². The number of carboxylic acids is 1. The van der Waals surface area contributed by atoms with Gasteiger partial charge < -0.3 is 20.5 Å².